The molecule has 0 aliphatic carbocycles. The van der Waals surface area contributed by atoms with E-state index in [0.29, 0.717) is 35.5 Å². The van der Waals surface area contributed by atoms with Gasteiger partial charge in [0.15, 0.2) is 5.82 Å². The molecule has 1 heterocycles. The van der Waals surface area contributed by atoms with Crippen molar-refractivity contribution in [2.24, 2.45) is 0 Å². The number of benzene rings is 1. The van der Waals surface area contributed by atoms with E-state index in [0.717, 1.165) is 0 Å². The van der Waals surface area contributed by atoms with Crippen LogP contribution in [0.3, 0.4) is 0 Å². The van der Waals surface area contributed by atoms with Crippen LogP contribution in [0.4, 0.5) is 18.9 Å². The van der Waals surface area contributed by atoms with Crippen LogP contribution in [0.5, 0.6) is 0 Å². The molecule has 2 aromatic rings. The van der Waals surface area contributed by atoms with Crippen LogP contribution in [0.1, 0.15) is 11.5 Å². The van der Waals surface area contributed by atoms with Crippen molar-refractivity contribution in [3.63, 3.8) is 0 Å². The molecular weight excluding hydrogens is 346 g/mol. The number of furan rings is 1. The van der Waals surface area contributed by atoms with Gasteiger partial charge in [0.25, 0.3) is 5.76 Å². The van der Waals surface area contributed by atoms with Crippen LogP contribution >= 0.6 is 35.0 Å². The quantitative estimate of drug-likeness (QED) is 0.663. The van der Waals surface area contributed by atoms with Crippen molar-refractivity contribution in [2.75, 3.05) is 5.32 Å². The molecule has 1 aromatic heterocycles. The van der Waals surface area contributed by atoms with Crippen molar-refractivity contribution in [3.05, 3.63) is 51.6 Å². The lowest BCUT2D eigenvalue weighted by atomic mass is 10.3. The Bertz CT molecular complexity index is 598. The fourth-order valence-electron chi connectivity index (χ4n) is 1.59. The van der Waals surface area contributed by atoms with Gasteiger partial charge in [-0.3, -0.25) is 0 Å². The Kier molecular flexibility index (Phi) is 5.72. The third kappa shape index (κ3) is 4.76. The lowest BCUT2D eigenvalue weighted by molar-refractivity contribution is 0.251. The summed E-state index contributed by atoms with van der Waals surface area (Å²) in [5.41, 5.74) is 0.534. The van der Waals surface area contributed by atoms with Gasteiger partial charge in [-0.1, -0.05) is 35.0 Å². The van der Waals surface area contributed by atoms with Gasteiger partial charge in [0.05, 0.1) is 22.3 Å². The number of thioether (sulfide) groups is 1. The Morgan fingerprint density at radius 1 is 1.14 bits per heavy atom. The van der Waals surface area contributed by atoms with Crippen molar-refractivity contribution in [2.45, 2.75) is 18.1 Å². The normalized spacial score (nSPS) is 11.1. The van der Waals surface area contributed by atoms with Gasteiger partial charge >= 0.3 is 0 Å². The second-order valence-corrected chi connectivity index (χ2v) is 5.84. The molecule has 0 atom stereocenters. The molecule has 0 fully saturated rings. The van der Waals surface area contributed by atoms with Gasteiger partial charge in [-0.25, -0.2) is 4.39 Å². The first kappa shape index (κ1) is 16.4. The van der Waals surface area contributed by atoms with E-state index in [9.17, 15) is 13.2 Å². The van der Waals surface area contributed by atoms with Crippen LogP contribution in [0.15, 0.2) is 28.7 Å². The lowest BCUT2D eigenvalue weighted by Gasteiger charge is -2.07. The van der Waals surface area contributed by atoms with E-state index >= 15 is 0 Å². The van der Waals surface area contributed by atoms with Crippen LogP contribution in [0.2, 0.25) is 10.0 Å². The average Bonchev–Trinajstić information content (AvgIpc) is 2.88. The van der Waals surface area contributed by atoms with Crippen LogP contribution in [0, 0.1) is 5.82 Å². The minimum atomic E-state index is -2.43. The summed E-state index contributed by atoms with van der Waals surface area (Å²) in [4.78, 5) is 0. The Morgan fingerprint density at radius 2 is 1.76 bits per heavy atom. The smallest absolute Gasteiger partial charge is 0.284 e. The number of alkyl halides is 2. The molecule has 2 rings (SSSR count). The number of hydrogen-bond acceptors (Lipinski definition) is 3. The summed E-state index contributed by atoms with van der Waals surface area (Å²) in [5, 5.41) is 2.79. The summed E-state index contributed by atoms with van der Waals surface area (Å²) >= 11 is 11.9. The third-order valence-electron chi connectivity index (χ3n) is 2.52. The highest BCUT2D eigenvalue weighted by Gasteiger charge is 2.09. The second-order valence-electron chi connectivity index (χ2n) is 4.05. The van der Waals surface area contributed by atoms with E-state index < -0.39 is 11.6 Å². The molecule has 1 aromatic carbocycles. The highest BCUT2D eigenvalue weighted by molar-refractivity contribution is 7.98. The number of rotatable bonds is 6. The molecule has 0 aliphatic rings. The zero-order chi connectivity index (χ0) is 15.4. The van der Waals surface area contributed by atoms with Gasteiger partial charge in [-0.2, -0.15) is 8.78 Å². The number of anilines is 1. The zero-order valence-corrected chi connectivity index (χ0v) is 12.8. The molecule has 0 saturated carbocycles. The summed E-state index contributed by atoms with van der Waals surface area (Å²) in [7, 11) is 0. The average molecular weight is 356 g/mol. The van der Waals surface area contributed by atoms with Crippen molar-refractivity contribution < 1.29 is 17.6 Å². The number of hydrogen-bond donors (Lipinski definition) is 1. The van der Waals surface area contributed by atoms with E-state index in [-0.39, 0.29) is 15.8 Å². The van der Waals surface area contributed by atoms with E-state index in [1.165, 1.54) is 12.1 Å². The fraction of sp³-hybridized carbons (Fsp3) is 0.231. The first-order valence-corrected chi connectivity index (χ1v) is 7.62. The maximum atomic E-state index is 13.3. The molecule has 0 bridgehead atoms. The highest BCUT2D eigenvalue weighted by atomic mass is 35.5. The Hall–Kier alpha value is -0.980. The molecule has 114 valence electrons. The predicted octanol–water partition coefficient (Wildman–Crippen LogP) is 5.79. The summed E-state index contributed by atoms with van der Waals surface area (Å²) in [5.74, 6) is -1.97. The SMILES string of the molecule is Fc1c(Cl)cc(NCc2ccc(CSC(F)F)o2)cc1Cl. The van der Waals surface area contributed by atoms with Gasteiger partial charge in [0, 0.05) is 5.69 Å². The van der Waals surface area contributed by atoms with Gasteiger partial charge in [-0.15, -0.1) is 0 Å². The van der Waals surface area contributed by atoms with Crippen LogP contribution in [0.25, 0.3) is 0 Å². The maximum absolute atomic E-state index is 13.3. The van der Waals surface area contributed by atoms with Crippen molar-refractivity contribution in [1.82, 2.24) is 0 Å². The standard InChI is InChI=1S/C13H10Cl2F3NOS/c14-10-3-7(4-11(15)12(10)16)19-5-8-1-2-9(20-8)6-21-13(17)18/h1-4,13,19H,5-6H2. The molecule has 0 amide bonds. The fourth-order valence-corrected chi connectivity index (χ4v) is 2.52. The Labute approximate surface area is 133 Å². The largest absolute Gasteiger partial charge is 0.463 e. The van der Waals surface area contributed by atoms with E-state index in [2.05, 4.69) is 5.32 Å². The molecule has 1 N–H and O–H groups in total. The summed E-state index contributed by atoms with van der Waals surface area (Å²) in [6, 6.07) is 6.12. The van der Waals surface area contributed by atoms with Crippen LogP contribution < -0.4 is 5.32 Å². The molecule has 0 unspecified atom stereocenters. The molecule has 2 nitrogen and oxygen atoms in total. The first-order valence-electron chi connectivity index (χ1n) is 5.81. The molecule has 0 spiro atoms. The van der Waals surface area contributed by atoms with Gasteiger partial charge < -0.3 is 9.73 Å². The van der Waals surface area contributed by atoms with Crippen molar-refractivity contribution in [1.29, 1.82) is 0 Å². The number of nitrogens with one attached hydrogen (secondary N) is 1. The van der Waals surface area contributed by atoms with E-state index in [4.69, 9.17) is 27.6 Å². The molecule has 0 aliphatic heterocycles. The topological polar surface area (TPSA) is 25.2 Å². The minimum absolute atomic E-state index is 0.0848. The third-order valence-corrected chi connectivity index (χ3v) is 3.77. The molecule has 0 saturated heterocycles. The molecular formula is C13H10Cl2F3NOS. The van der Waals surface area contributed by atoms with E-state index in [1.807, 2.05) is 0 Å². The van der Waals surface area contributed by atoms with Crippen molar-refractivity contribution >= 4 is 40.7 Å². The predicted molar refractivity (Wildman–Crippen MR) is 79.8 cm³/mol. The first-order chi connectivity index (χ1) is 9.95. The van der Waals surface area contributed by atoms with Crippen LogP contribution in [-0.2, 0) is 12.3 Å². The maximum Gasteiger partial charge on any atom is 0.284 e. The summed E-state index contributed by atoms with van der Waals surface area (Å²) in [6.07, 6.45) is 0. The van der Waals surface area contributed by atoms with Gasteiger partial charge in [-0.05, 0) is 24.3 Å². The van der Waals surface area contributed by atoms with Crippen LogP contribution in [-0.4, -0.2) is 5.76 Å². The summed E-state index contributed by atoms with van der Waals surface area (Å²) < 4.78 is 42.8. The van der Waals surface area contributed by atoms with Gasteiger partial charge in [0.1, 0.15) is 11.5 Å². The summed E-state index contributed by atoms with van der Waals surface area (Å²) in [6.45, 7) is 0.303. The molecule has 8 heteroatoms. The zero-order valence-electron chi connectivity index (χ0n) is 10.5. The van der Waals surface area contributed by atoms with Crippen molar-refractivity contribution in [3.8, 4) is 0 Å². The minimum Gasteiger partial charge on any atom is -0.463 e. The second kappa shape index (κ2) is 7.33. The van der Waals surface area contributed by atoms with Gasteiger partial charge in [0.2, 0.25) is 0 Å². The Balaban J connectivity index is 1.94. The van der Waals surface area contributed by atoms with E-state index in [1.54, 1.807) is 12.1 Å². The molecule has 0 radical (unpaired) electrons. The lowest BCUT2D eigenvalue weighted by Crippen LogP contribution is -1.98. The Morgan fingerprint density at radius 3 is 2.38 bits per heavy atom. The monoisotopic (exact) mass is 355 g/mol. The highest BCUT2D eigenvalue weighted by Crippen LogP contribution is 2.28. The number of halogens is 5. The molecule has 21 heavy (non-hydrogen) atoms.